The molecule has 106 valence electrons. The van der Waals surface area contributed by atoms with Gasteiger partial charge in [0.15, 0.2) is 0 Å². The molecule has 0 atom stereocenters. The second kappa shape index (κ2) is 11.1. The normalized spacial score (nSPS) is 10.8. The first kappa shape index (κ1) is 16.9. The average molecular weight is 258 g/mol. The summed E-state index contributed by atoms with van der Waals surface area (Å²) >= 11 is 0. The van der Waals surface area contributed by atoms with Gasteiger partial charge in [0, 0.05) is 12.8 Å². The number of hydrogen-bond acceptors (Lipinski definition) is 2. The number of aliphatic carboxylic acids is 2. The van der Waals surface area contributed by atoms with E-state index in [9.17, 15) is 9.59 Å². The van der Waals surface area contributed by atoms with Crippen LogP contribution >= 0.6 is 0 Å². The van der Waals surface area contributed by atoms with Gasteiger partial charge in [-0.25, -0.2) is 0 Å². The van der Waals surface area contributed by atoms with E-state index in [1.54, 1.807) is 0 Å². The van der Waals surface area contributed by atoms with Gasteiger partial charge in [0.25, 0.3) is 0 Å². The molecule has 2 N–H and O–H groups in total. The molecular weight excluding hydrogens is 232 g/mol. The van der Waals surface area contributed by atoms with Gasteiger partial charge < -0.3 is 10.2 Å². The lowest BCUT2D eigenvalue weighted by Crippen LogP contribution is -2.07. The molecule has 0 spiro atoms. The van der Waals surface area contributed by atoms with Crippen LogP contribution in [0, 0.1) is 5.92 Å². The second-order valence-electron chi connectivity index (χ2n) is 4.93. The second-order valence-corrected chi connectivity index (χ2v) is 4.93. The Morgan fingerprint density at radius 3 is 1.78 bits per heavy atom. The van der Waals surface area contributed by atoms with Gasteiger partial charge in [-0.05, 0) is 18.8 Å². The first-order valence-electron chi connectivity index (χ1n) is 6.99. The van der Waals surface area contributed by atoms with Crippen LogP contribution in [0.25, 0.3) is 0 Å². The Morgan fingerprint density at radius 2 is 1.33 bits per heavy atom. The van der Waals surface area contributed by atoms with Crippen LogP contribution in [0.5, 0.6) is 0 Å². The van der Waals surface area contributed by atoms with Gasteiger partial charge in [-0.15, -0.1) is 0 Å². The molecule has 0 saturated heterocycles. The minimum absolute atomic E-state index is 0.152. The van der Waals surface area contributed by atoms with Crippen molar-refractivity contribution in [3.05, 3.63) is 0 Å². The Labute approximate surface area is 109 Å². The average Bonchev–Trinajstić information content (AvgIpc) is 2.30. The summed E-state index contributed by atoms with van der Waals surface area (Å²) in [6.45, 7) is 2.17. The maximum atomic E-state index is 10.5. The molecule has 4 nitrogen and oxygen atoms in total. The monoisotopic (exact) mass is 258 g/mol. The van der Waals surface area contributed by atoms with Gasteiger partial charge in [0.05, 0.1) is 0 Å². The third-order valence-corrected chi connectivity index (χ3v) is 3.25. The van der Waals surface area contributed by atoms with E-state index in [1.807, 2.05) is 0 Å². The summed E-state index contributed by atoms with van der Waals surface area (Å²) in [7, 11) is 0. The van der Waals surface area contributed by atoms with E-state index in [1.165, 1.54) is 25.7 Å². The largest absolute Gasteiger partial charge is 0.481 e. The van der Waals surface area contributed by atoms with Crippen LogP contribution in [0.4, 0.5) is 0 Å². The zero-order valence-electron chi connectivity index (χ0n) is 11.4. The molecule has 0 bridgehead atoms. The van der Waals surface area contributed by atoms with Gasteiger partial charge in [-0.3, -0.25) is 9.59 Å². The van der Waals surface area contributed by atoms with Gasteiger partial charge >= 0.3 is 11.9 Å². The summed E-state index contributed by atoms with van der Waals surface area (Å²) in [4.78, 5) is 21.1. The number of hydrogen-bond donors (Lipinski definition) is 2. The fourth-order valence-electron chi connectivity index (χ4n) is 2.12. The summed E-state index contributed by atoms with van der Waals surface area (Å²) in [5.41, 5.74) is 0. The highest BCUT2D eigenvalue weighted by Crippen LogP contribution is 2.21. The molecule has 0 rings (SSSR count). The van der Waals surface area contributed by atoms with E-state index in [-0.39, 0.29) is 18.8 Å². The molecule has 0 aliphatic rings. The van der Waals surface area contributed by atoms with Crippen LogP contribution in [0.3, 0.4) is 0 Å². The quantitative estimate of drug-likeness (QED) is 0.523. The number of carboxylic acid groups (broad SMARTS) is 2. The molecule has 0 aromatic heterocycles. The van der Waals surface area contributed by atoms with E-state index >= 15 is 0 Å². The molecule has 0 fully saturated rings. The van der Waals surface area contributed by atoms with Gasteiger partial charge in [0.1, 0.15) is 0 Å². The predicted octanol–water partition coefficient (Wildman–Crippen LogP) is 3.69. The van der Waals surface area contributed by atoms with Crippen LogP contribution in [-0.4, -0.2) is 22.2 Å². The van der Waals surface area contributed by atoms with Crippen LogP contribution < -0.4 is 0 Å². The van der Waals surface area contributed by atoms with Crippen molar-refractivity contribution in [1.29, 1.82) is 0 Å². The fraction of sp³-hybridized carbons (Fsp3) is 0.857. The van der Waals surface area contributed by atoms with Crippen LogP contribution in [0.2, 0.25) is 0 Å². The number of rotatable bonds is 12. The summed E-state index contributed by atoms with van der Waals surface area (Å²) in [5, 5.41) is 17.3. The smallest absolute Gasteiger partial charge is 0.303 e. The Kier molecular flexibility index (Phi) is 10.4. The van der Waals surface area contributed by atoms with E-state index in [0.29, 0.717) is 12.8 Å². The molecule has 0 aliphatic heterocycles. The van der Waals surface area contributed by atoms with Gasteiger partial charge in [-0.1, -0.05) is 45.4 Å². The fourth-order valence-corrected chi connectivity index (χ4v) is 2.12. The number of unbranched alkanes of at least 4 members (excludes halogenated alkanes) is 4. The van der Waals surface area contributed by atoms with Crippen molar-refractivity contribution in [3.8, 4) is 0 Å². The minimum atomic E-state index is -0.790. The SMILES string of the molecule is CCCCCCCC(CCC(=O)O)CCC(=O)O. The number of carboxylic acids is 2. The van der Waals surface area contributed by atoms with E-state index < -0.39 is 11.9 Å². The van der Waals surface area contributed by atoms with E-state index in [4.69, 9.17) is 10.2 Å². The summed E-state index contributed by atoms with van der Waals surface area (Å²) in [6, 6.07) is 0. The Morgan fingerprint density at radius 1 is 0.833 bits per heavy atom. The van der Waals surface area contributed by atoms with Crippen LogP contribution in [0.1, 0.15) is 71.1 Å². The number of carbonyl (C=O) groups is 2. The molecule has 0 saturated carbocycles. The van der Waals surface area contributed by atoms with Gasteiger partial charge in [0.2, 0.25) is 0 Å². The van der Waals surface area contributed by atoms with Crippen molar-refractivity contribution < 1.29 is 19.8 Å². The lowest BCUT2D eigenvalue weighted by Gasteiger charge is -2.14. The topological polar surface area (TPSA) is 74.6 Å². The van der Waals surface area contributed by atoms with Gasteiger partial charge in [-0.2, -0.15) is 0 Å². The molecule has 0 aromatic carbocycles. The third-order valence-electron chi connectivity index (χ3n) is 3.25. The highest BCUT2D eigenvalue weighted by molar-refractivity contribution is 5.67. The molecule has 0 unspecified atom stereocenters. The summed E-state index contributed by atoms with van der Waals surface area (Å²) in [6.07, 6.45) is 8.42. The van der Waals surface area contributed by atoms with Crippen LogP contribution in [-0.2, 0) is 9.59 Å². The molecule has 0 aliphatic carbocycles. The molecule has 4 heteroatoms. The van der Waals surface area contributed by atoms with Crippen molar-refractivity contribution in [2.75, 3.05) is 0 Å². The zero-order chi connectivity index (χ0) is 13.8. The molecule has 0 heterocycles. The molecule has 0 aromatic rings. The van der Waals surface area contributed by atoms with Crippen LogP contribution in [0.15, 0.2) is 0 Å². The van der Waals surface area contributed by atoms with E-state index in [0.717, 1.165) is 12.8 Å². The standard InChI is InChI=1S/C14H26O4/c1-2-3-4-5-6-7-12(8-10-13(15)16)9-11-14(17)18/h12H,2-11H2,1H3,(H,15,16)(H,17,18). The lowest BCUT2D eigenvalue weighted by molar-refractivity contribution is -0.137. The highest BCUT2D eigenvalue weighted by atomic mass is 16.4. The third kappa shape index (κ3) is 11.4. The zero-order valence-corrected chi connectivity index (χ0v) is 11.4. The maximum Gasteiger partial charge on any atom is 0.303 e. The Balaban J connectivity index is 3.80. The molecule has 0 amide bonds. The van der Waals surface area contributed by atoms with Crippen molar-refractivity contribution in [3.63, 3.8) is 0 Å². The minimum Gasteiger partial charge on any atom is -0.481 e. The highest BCUT2D eigenvalue weighted by Gasteiger charge is 2.12. The summed E-state index contributed by atoms with van der Waals surface area (Å²) in [5.74, 6) is -1.33. The predicted molar refractivity (Wildman–Crippen MR) is 70.6 cm³/mol. The first-order chi connectivity index (χ1) is 8.56. The lowest BCUT2D eigenvalue weighted by atomic mass is 9.91. The molecule has 18 heavy (non-hydrogen) atoms. The Hall–Kier alpha value is -1.06. The molecular formula is C14H26O4. The van der Waals surface area contributed by atoms with Crippen molar-refractivity contribution in [1.82, 2.24) is 0 Å². The van der Waals surface area contributed by atoms with E-state index in [2.05, 4.69) is 6.92 Å². The van der Waals surface area contributed by atoms with Crippen molar-refractivity contribution in [2.45, 2.75) is 71.1 Å². The molecule has 0 radical (unpaired) electrons. The Bertz CT molecular complexity index is 220. The first-order valence-corrected chi connectivity index (χ1v) is 6.99. The maximum absolute atomic E-state index is 10.5. The summed E-state index contributed by atoms with van der Waals surface area (Å²) < 4.78 is 0. The van der Waals surface area contributed by atoms with Crippen molar-refractivity contribution >= 4 is 11.9 Å². The van der Waals surface area contributed by atoms with Crippen molar-refractivity contribution in [2.24, 2.45) is 5.92 Å².